The van der Waals surface area contributed by atoms with Crippen molar-refractivity contribution in [1.82, 2.24) is 0 Å². The lowest BCUT2D eigenvalue weighted by atomic mass is 10.1. The van der Waals surface area contributed by atoms with Gasteiger partial charge in [0.15, 0.2) is 6.10 Å². The molecule has 0 aromatic heterocycles. The minimum absolute atomic E-state index is 0.0973. The van der Waals surface area contributed by atoms with Crippen molar-refractivity contribution in [3.63, 3.8) is 0 Å². The fourth-order valence-electron chi connectivity index (χ4n) is 1.09. The summed E-state index contributed by atoms with van der Waals surface area (Å²) in [6.07, 6.45) is 8.06. The van der Waals surface area contributed by atoms with Crippen molar-refractivity contribution in [2.45, 2.75) is 32.3 Å². The van der Waals surface area contributed by atoms with E-state index in [4.69, 9.17) is 4.74 Å². The molecule has 0 spiro atoms. The first-order chi connectivity index (χ1) is 5.34. The highest BCUT2D eigenvalue weighted by molar-refractivity contribution is 5.01. The van der Waals surface area contributed by atoms with Gasteiger partial charge in [-0.3, -0.25) is 0 Å². The summed E-state index contributed by atoms with van der Waals surface area (Å²) in [5, 5.41) is 9.38. The minimum atomic E-state index is -0.0973. The smallest absolute Gasteiger partial charge is 0.154 e. The molecule has 1 aliphatic rings. The normalized spacial score (nSPS) is 24.8. The Labute approximate surface area is 67.2 Å². The molecule has 0 radical (unpaired) electrons. The number of aliphatic hydroxyl groups is 1. The largest absolute Gasteiger partial charge is 0.509 e. The van der Waals surface area contributed by atoms with Crippen LogP contribution < -0.4 is 0 Å². The van der Waals surface area contributed by atoms with Crippen molar-refractivity contribution in [3.8, 4) is 0 Å². The average molecular weight is 154 g/mol. The molecule has 1 rings (SSSR count). The maximum atomic E-state index is 9.38. The number of hydrogen-bond acceptors (Lipinski definition) is 2. The predicted octanol–water partition coefficient (Wildman–Crippen LogP) is 2.53. The molecule has 1 aliphatic heterocycles. The van der Waals surface area contributed by atoms with Crippen molar-refractivity contribution < 1.29 is 9.84 Å². The van der Waals surface area contributed by atoms with E-state index < -0.39 is 0 Å². The number of allylic oxidation sites excluding steroid dienone is 2. The third kappa shape index (κ3) is 2.30. The Bertz CT molecular complexity index is 170. The summed E-state index contributed by atoms with van der Waals surface area (Å²) in [6, 6.07) is 0. The van der Waals surface area contributed by atoms with Gasteiger partial charge in [-0.2, -0.15) is 0 Å². The van der Waals surface area contributed by atoms with E-state index in [1.165, 1.54) is 0 Å². The minimum Gasteiger partial charge on any atom is -0.509 e. The molecular weight excluding hydrogens is 140 g/mol. The van der Waals surface area contributed by atoms with Crippen LogP contribution >= 0.6 is 0 Å². The monoisotopic (exact) mass is 154 g/mol. The molecule has 1 N–H and O–H groups in total. The maximum absolute atomic E-state index is 9.38. The Morgan fingerprint density at radius 1 is 1.82 bits per heavy atom. The quantitative estimate of drug-likeness (QED) is 0.619. The van der Waals surface area contributed by atoms with Crippen molar-refractivity contribution in [1.29, 1.82) is 0 Å². The van der Waals surface area contributed by atoms with E-state index >= 15 is 0 Å². The van der Waals surface area contributed by atoms with Gasteiger partial charge in [-0.25, -0.2) is 0 Å². The van der Waals surface area contributed by atoms with Crippen LogP contribution in [0, 0.1) is 0 Å². The highest BCUT2D eigenvalue weighted by Crippen LogP contribution is 2.16. The Hall–Kier alpha value is -0.920. The molecule has 0 aliphatic carbocycles. The summed E-state index contributed by atoms with van der Waals surface area (Å²) < 4.78 is 5.19. The zero-order chi connectivity index (χ0) is 8.10. The van der Waals surface area contributed by atoms with Gasteiger partial charge in [0.25, 0.3) is 0 Å². The first-order valence-corrected chi connectivity index (χ1v) is 4.04. The van der Waals surface area contributed by atoms with Crippen molar-refractivity contribution in [3.05, 3.63) is 24.2 Å². The first kappa shape index (κ1) is 8.18. The first-order valence-electron chi connectivity index (χ1n) is 4.04. The molecule has 62 valence electrons. The molecule has 2 heteroatoms. The fraction of sp³-hybridized carbons (Fsp3) is 0.556. The Morgan fingerprint density at radius 2 is 2.64 bits per heavy atom. The highest BCUT2D eigenvalue weighted by Gasteiger charge is 2.14. The van der Waals surface area contributed by atoms with Crippen LogP contribution in [-0.2, 0) is 4.74 Å². The molecule has 0 saturated carbocycles. The van der Waals surface area contributed by atoms with Crippen LogP contribution in [0.5, 0.6) is 0 Å². The summed E-state index contributed by atoms with van der Waals surface area (Å²) in [6.45, 7) is 1.99. The second kappa shape index (κ2) is 4.06. The van der Waals surface area contributed by atoms with Gasteiger partial charge in [0.05, 0.1) is 6.26 Å². The number of ether oxygens (including phenoxy) is 1. The van der Waals surface area contributed by atoms with Gasteiger partial charge >= 0.3 is 0 Å². The summed E-state index contributed by atoms with van der Waals surface area (Å²) in [5.74, 6) is 0.372. The number of rotatable bonds is 2. The van der Waals surface area contributed by atoms with Crippen LogP contribution in [0.15, 0.2) is 24.2 Å². The van der Waals surface area contributed by atoms with E-state index in [9.17, 15) is 5.11 Å². The molecule has 0 saturated heterocycles. The van der Waals surface area contributed by atoms with Gasteiger partial charge < -0.3 is 9.84 Å². The van der Waals surface area contributed by atoms with Crippen LogP contribution in [0.4, 0.5) is 0 Å². The van der Waals surface area contributed by atoms with Gasteiger partial charge in [0.1, 0.15) is 5.76 Å². The molecule has 0 bridgehead atoms. The van der Waals surface area contributed by atoms with E-state index in [-0.39, 0.29) is 6.10 Å². The van der Waals surface area contributed by atoms with E-state index in [1.807, 2.05) is 13.0 Å². The number of aliphatic hydroxyl groups excluding tert-OH is 1. The highest BCUT2D eigenvalue weighted by atomic mass is 16.5. The lowest BCUT2D eigenvalue weighted by Gasteiger charge is -2.18. The van der Waals surface area contributed by atoms with Gasteiger partial charge in [-0.1, -0.05) is 6.92 Å². The summed E-state index contributed by atoms with van der Waals surface area (Å²) >= 11 is 0. The Kier molecular flexibility index (Phi) is 3.02. The Balaban J connectivity index is 2.46. The van der Waals surface area contributed by atoms with Crippen LogP contribution in [0.2, 0.25) is 0 Å². The zero-order valence-electron chi connectivity index (χ0n) is 6.79. The summed E-state index contributed by atoms with van der Waals surface area (Å²) in [5.41, 5.74) is 0. The van der Waals surface area contributed by atoms with Gasteiger partial charge in [-0.15, -0.1) is 0 Å². The third-order valence-corrected chi connectivity index (χ3v) is 1.68. The van der Waals surface area contributed by atoms with E-state index in [1.54, 1.807) is 12.3 Å². The zero-order valence-corrected chi connectivity index (χ0v) is 6.79. The lowest BCUT2D eigenvalue weighted by Crippen LogP contribution is -2.15. The topological polar surface area (TPSA) is 29.5 Å². The van der Waals surface area contributed by atoms with Gasteiger partial charge in [-0.05, 0) is 31.4 Å². The molecular formula is C9H14O2. The summed E-state index contributed by atoms with van der Waals surface area (Å²) in [7, 11) is 0. The van der Waals surface area contributed by atoms with Crippen molar-refractivity contribution >= 4 is 0 Å². The molecule has 0 fully saturated rings. The second-order valence-corrected chi connectivity index (χ2v) is 2.61. The van der Waals surface area contributed by atoms with E-state index in [2.05, 4.69) is 0 Å². The second-order valence-electron chi connectivity index (χ2n) is 2.61. The fourth-order valence-corrected chi connectivity index (χ4v) is 1.09. The van der Waals surface area contributed by atoms with Crippen molar-refractivity contribution in [2.24, 2.45) is 0 Å². The van der Waals surface area contributed by atoms with Crippen LogP contribution in [0.3, 0.4) is 0 Å². The standard InChI is InChI=1S/C9H14O2/c1-2-5-8(10)9-6-3-4-7-11-9/h4-5,7,9-10H,2-3,6H2,1H3/b8-5-. The van der Waals surface area contributed by atoms with E-state index in [0.717, 1.165) is 19.3 Å². The van der Waals surface area contributed by atoms with Crippen molar-refractivity contribution in [2.75, 3.05) is 0 Å². The van der Waals surface area contributed by atoms with Crippen LogP contribution in [0.1, 0.15) is 26.2 Å². The van der Waals surface area contributed by atoms with Crippen LogP contribution in [0.25, 0.3) is 0 Å². The van der Waals surface area contributed by atoms with Crippen LogP contribution in [-0.4, -0.2) is 11.2 Å². The average Bonchev–Trinajstić information content (AvgIpc) is 2.07. The van der Waals surface area contributed by atoms with E-state index in [0.29, 0.717) is 5.76 Å². The SMILES string of the molecule is CC/C=C(\O)C1CCC=CO1. The molecule has 1 heterocycles. The molecule has 1 unspecified atom stereocenters. The van der Waals surface area contributed by atoms with Gasteiger partial charge in [0.2, 0.25) is 0 Å². The predicted molar refractivity (Wildman–Crippen MR) is 44.2 cm³/mol. The molecule has 1 atom stereocenters. The molecule has 0 amide bonds. The Morgan fingerprint density at radius 3 is 3.18 bits per heavy atom. The summed E-state index contributed by atoms with van der Waals surface area (Å²) in [4.78, 5) is 0. The van der Waals surface area contributed by atoms with Gasteiger partial charge in [0, 0.05) is 0 Å². The molecule has 0 aromatic rings. The molecule has 0 aromatic carbocycles. The maximum Gasteiger partial charge on any atom is 0.154 e. The third-order valence-electron chi connectivity index (χ3n) is 1.68. The molecule has 2 nitrogen and oxygen atoms in total. The lowest BCUT2D eigenvalue weighted by molar-refractivity contribution is 0.111. The molecule has 11 heavy (non-hydrogen) atoms. The number of hydrogen-bond donors (Lipinski definition) is 1.